The number of benzene rings is 1. The first-order valence-corrected chi connectivity index (χ1v) is 10.8. The van der Waals surface area contributed by atoms with Gasteiger partial charge in [-0.25, -0.2) is 31.4 Å². The Bertz CT molecular complexity index is 1220. The van der Waals surface area contributed by atoms with E-state index >= 15 is 0 Å². The fraction of sp³-hybridized carbons (Fsp3) is 0.316. The molecule has 0 saturated heterocycles. The Balaban J connectivity index is 1.47. The van der Waals surface area contributed by atoms with Crippen molar-refractivity contribution >= 4 is 10.0 Å². The molecule has 2 aromatic heterocycles. The molecule has 1 aliphatic rings. The molecule has 1 N–H and O–H groups in total. The lowest BCUT2D eigenvalue weighted by Crippen LogP contribution is -2.36. The Labute approximate surface area is 171 Å². The number of pyridine rings is 1. The number of sulfonamides is 1. The van der Waals surface area contributed by atoms with Gasteiger partial charge >= 0.3 is 5.69 Å². The maximum atomic E-state index is 13.4. The van der Waals surface area contributed by atoms with E-state index in [4.69, 9.17) is 0 Å². The predicted octanol–water partition coefficient (Wildman–Crippen LogP) is 1.45. The normalized spacial score (nSPS) is 16.8. The topological polar surface area (TPSA) is 98.9 Å². The lowest BCUT2D eigenvalue weighted by molar-refractivity contribution is 0.485. The molecule has 3 aromatic rings. The van der Waals surface area contributed by atoms with E-state index in [1.165, 1.54) is 4.68 Å². The second kappa shape index (κ2) is 8.07. The molecule has 0 saturated carbocycles. The summed E-state index contributed by atoms with van der Waals surface area (Å²) >= 11 is 0. The van der Waals surface area contributed by atoms with Gasteiger partial charge in [-0.1, -0.05) is 6.07 Å². The predicted molar refractivity (Wildman–Crippen MR) is 103 cm³/mol. The summed E-state index contributed by atoms with van der Waals surface area (Å²) in [5, 5.41) is 4.39. The zero-order valence-corrected chi connectivity index (χ0v) is 16.6. The van der Waals surface area contributed by atoms with Crippen molar-refractivity contribution in [1.82, 2.24) is 24.1 Å². The van der Waals surface area contributed by atoms with E-state index in [-0.39, 0.29) is 10.6 Å². The number of hydrogen-bond acceptors (Lipinski definition) is 5. The van der Waals surface area contributed by atoms with Crippen molar-refractivity contribution in [3.05, 3.63) is 76.2 Å². The van der Waals surface area contributed by atoms with Gasteiger partial charge in [-0.3, -0.25) is 9.55 Å². The molecule has 1 atom stereocenters. The molecule has 30 heavy (non-hydrogen) atoms. The van der Waals surface area contributed by atoms with Crippen LogP contribution in [0.15, 0.2) is 52.4 Å². The van der Waals surface area contributed by atoms with Gasteiger partial charge in [0.05, 0.1) is 11.4 Å². The van der Waals surface area contributed by atoms with Crippen LogP contribution in [0.25, 0.3) is 0 Å². The van der Waals surface area contributed by atoms with Crippen LogP contribution < -0.4 is 10.4 Å². The average Bonchev–Trinajstić information content (AvgIpc) is 2.88. The molecule has 0 radical (unpaired) electrons. The fourth-order valence-corrected chi connectivity index (χ4v) is 4.76. The maximum absolute atomic E-state index is 13.4. The van der Waals surface area contributed by atoms with Crippen molar-refractivity contribution in [2.24, 2.45) is 0 Å². The number of fused-ring (bicyclic) bond motifs is 1. The van der Waals surface area contributed by atoms with Crippen molar-refractivity contribution in [2.75, 3.05) is 0 Å². The molecule has 0 aliphatic carbocycles. The second-order valence-corrected chi connectivity index (χ2v) is 8.80. The summed E-state index contributed by atoms with van der Waals surface area (Å²) in [4.78, 5) is 16.4. The summed E-state index contributed by atoms with van der Waals surface area (Å²) in [5.74, 6) is -1.76. The number of rotatable bonds is 5. The van der Waals surface area contributed by atoms with Crippen LogP contribution in [0, 0.1) is 11.6 Å². The number of aromatic nitrogens is 4. The minimum absolute atomic E-state index is 0.266. The SMILES string of the molecule is O=c1n(Cc2cccnc2)nc2n1CCC(NS(=O)(=O)c1ccc(F)c(F)c1)CC2. The molecule has 158 valence electrons. The van der Waals surface area contributed by atoms with Crippen LogP contribution in [0.2, 0.25) is 0 Å². The van der Waals surface area contributed by atoms with Crippen molar-refractivity contribution in [3.8, 4) is 0 Å². The van der Waals surface area contributed by atoms with Crippen LogP contribution in [0.1, 0.15) is 24.2 Å². The highest BCUT2D eigenvalue weighted by atomic mass is 32.2. The first-order chi connectivity index (χ1) is 14.3. The highest BCUT2D eigenvalue weighted by Gasteiger charge is 2.25. The monoisotopic (exact) mass is 435 g/mol. The molecule has 0 spiro atoms. The third kappa shape index (κ3) is 4.17. The van der Waals surface area contributed by atoms with Crippen molar-refractivity contribution in [2.45, 2.75) is 43.3 Å². The average molecular weight is 435 g/mol. The highest BCUT2D eigenvalue weighted by molar-refractivity contribution is 7.89. The molecular weight excluding hydrogens is 416 g/mol. The molecule has 8 nitrogen and oxygen atoms in total. The molecule has 0 fully saturated rings. The van der Waals surface area contributed by atoms with Crippen LogP contribution in [-0.4, -0.2) is 33.8 Å². The van der Waals surface area contributed by atoms with Gasteiger partial charge in [0.25, 0.3) is 0 Å². The van der Waals surface area contributed by atoms with E-state index < -0.39 is 27.7 Å². The summed E-state index contributed by atoms with van der Waals surface area (Å²) in [7, 11) is -4.02. The summed E-state index contributed by atoms with van der Waals surface area (Å²) < 4.78 is 57.0. The Morgan fingerprint density at radius 2 is 2.00 bits per heavy atom. The van der Waals surface area contributed by atoms with Gasteiger partial charge in [-0.05, 0) is 42.7 Å². The van der Waals surface area contributed by atoms with E-state index in [1.54, 1.807) is 23.0 Å². The largest absolute Gasteiger partial charge is 0.346 e. The van der Waals surface area contributed by atoms with E-state index in [1.807, 2.05) is 6.07 Å². The van der Waals surface area contributed by atoms with Crippen LogP contribution in [0.5, 0.6) is 0 Å². The van der Waals surface area contributed by atoms with Gasteiger partial charge in [-0.15, -0.1) is 0 Å². The third-order valence-electron chi connectivity index (χ3n) is 5.00. The molecule has 3 heterocycles. The van der Waals surface area contributed by atoms with Gasteiger partial charge < -0.3 is 0 Å². The number of nitrogens with zero attached hydrogens (tertiary/aromatic N) is 4. The molecule has 1 unspecified atom stereocenters. The van der Waals surface area contributed by atoms with E-state index in [0.29, 0.717) is 44.2 Å². The lowest BCUT2D eigenvalue weighted by atomic mass is 10.1. The quantitative estimate of drug-likeness (QED) is 0.654. The summed E-state index contributed by atoms with van der Waals surface area (Å²) in [6, 6.07) is 5.61. The zero-order chi connectivity index (χ0) is 21.3. The Hall–Kier alpha value is -2.92. The number of hydrogen-bond donors (Lipinski definition) is 1. The van der Waals surface area contributed by atoms with Gasteiger partial charge in [0.1, 0.15) is 5.82 Å². The fourth-order valence-electron chi connectivity index (χ4n) is 3.44. The van der Waals surface area contributed by atoms with Gasteiger partial charge in [0, 0.05) is 31.4 Å². The molecule has 0 bridgehead atoms. The second-order valence-electron chi connectivity index (χ2n) is 7.09. The van der Waals surface area contributed by atoms with Crippen LogP contribution in [0.3, 0.4) is 0 Å². The third-order valence-corrected chi connectivity index (χ3v) is 6.51. The number of halogens is 2. The van der Waals surface area contributed by atoms with Crippen LogP contribution in [0.4, 0.5) is 8.78 Å². The minimum Gasteiger partial charge on any atom is -0.279 e. The first-order valence-electron chi connectivity index (χ1n) is 9.36. The molecule has 1 aliphatic heterocycles. The van der Waals surface area contributed by atoms with E-state index in [2.05, 4.69) is 14.8 Å². The highest BCUT2D eigenvalue weighted by Crippen LogP contribution is 2.18. The van der Waals surface area contributed by atoms with Gasteiger partial charge in [0.15, 0.2) is 11.6 Å². The maximum Gasteiger partial charge on any atom is 0.346 e. The number of nitrogens with one attached hydrogen (secondary N) is 1. The molecule has 0 amide bonds. The molecule has 1 aromatic carbocycles. The summed E-state index contributed by atoms with van der Waals surface area (Å²) in [6.07, 6.45) is 4.51. The molecule has 11 heteroatoms. The van der Waals surface area contributed by atoms with Crippen molar-refractivity contribution in [1.29, 1.82) is 0 Å². The Morgan fingerprint density at radius 3 is 2.73 bits per heavy atom. The van der Waals surface area contributed by atoms with Crippen LogP contribution in [-0.2, 0) is 29.5 Å². The van der Waals surface area contributed by atoms with E-state index in [9.17, 15) is 22.0 Å². The number of aryl methyl sites for hydroxylation is 1. The van der Waals surface area contributed by atoms with Crippen molar-refractivity contribution < 1.29 is 17.2 Å². The summed E-state index contributed by atoms with van der Waals surface area (Å²) in [5.41, 5.74) is 0.586. The van der Waals surface area contributed by atoms with Crippen molar-refractivity contribution in [3.63, 3.8) is 0 Å². The standard InChI is InChI=1S/C19H19F2N5O3S/c20-16-5-4-15(10-17(16)21)30(28,29)24-14-3-6-18-23-26(19(27)25(18)9-7-14)12-13-2-1-8-22-11-13/h1-2,4-5,8,10-11,14,24H,3,6-7,9,12H2. The van der Waals surface area contributed by atoms with Gasteiger partial charge in [0.2, 0.25) is 10.0 Å². The van der Waals surface area contributed by atoms with Crippen LogP contribution >= 0.6 is 0 Å². The Morgan fingerprint density at radius 1 is 1.17 bits per heavy atom. The van der Waals surface area contributed by atoms with Gasteiger partial charge in [-0.2, -0.15) is 5.10 Å². The first kappa shape index (κ1) is 20.4. The Kier molecular flexibility index (Phi) is 5.48. The minimum atomic E-state index is -4.02. The van der Waals surface area contributed by atoms with E-state index in [0.717, 1.165) is 17.7 Å². The zero-order valence-electron chi connectivity index (χ0n) is 15.8. The lowest BCUT2D eigenvalue weighted by Gasteiger charge is -2.16. The molecule has 4 rings (SSSR count). The summed E-state index contributed by atoms with van der Waals surface area (Å²) in [6.45, 7) is 0.602. The smallest absolute Gasteiger partial charge is 0.279 e. The molecular formula is C19H19F2N5O3S.